The van der Waals surface area contributed by atoms with Gasteiger partial charge in [-0.3, -0.25) is 4.79 Å². The Hall–Kier alpha value is -2.21. The van der Waals surface area contributed by atoms with E-state index in [4.69, 9.17) is 0 Å². The molecule has 6 heteroatoms. The highest BCUT2D eigenvalue weighted by atomic mass is 32.1. The molecule has 0 fully saturated rings. The van der Waals surface area contributed by atoms with E-state index in [0.29, 0.717) is 22.8 Å². The summed E-state index contributed by atoms with van der Waals surface area (Å²) >= 11 is 1.13. The van der Waals surface area contributed by atoms with Crippen molar-refractivity contribution in [3.63, 3.8) is 0 Å². The number of carbonyl (C=O) groups excluding carboxylic acids is 2. The lowest BCUT2D eigenvalue weighted by Gasteiger charge is -2.22. The molecule has 0 saturated heterocycles. The summed E-state index contributed by atoms with van der Waals surface area (Å²) in [7, 11) is 1.31. The molecule has 134 valence electrons. The van der Waals surface area contributed by atoms with Crippen LogP contribution >= 0.6 is 11.3 Å². The molecule has 1 aromatic carbocycles. The summed E-state index contributed by atoms with van der Waals surface area (Å²) in [5.41, 5.74) is 0.871. The fourth-order valence-electron chi connectivity index (χ4n) is 2.43. The molecule has 0 bridgehead atoms. The molecule has 0 saturated carbocycles. The fourth-order valence-corrected chi connectivity index (χ4v) is 3.33. The van der Waals surface area contributed by atoms with Crippen LogP contribution in [0.3, 0.4) is 0 Å². The number of rotatable bonds is 8. The molecule has 0 spiro atoms. The average Bonchev–Trinajstić information content (AvgIpc) is 3.11. The molecule has 0 aliphatic heterocycles. The first-order valence-corrected chi connectivity index (χ1v) is 9.08. The Labute approximate surface area is 151 Å². The van der Waals surface area contributed by atoms with Gasteiger partial charge in [0.2, 0.25) is 0 Å². The van der Waals surface area contributed by atoms with Gasteiger partial charge in [-0.25, -0.2) is 9.18 Å². The quantitative estimate of drug-likeness (QED) is 0.512. The summed E-state index contributed by atoms with van der Waals surface area (Å²) in [6.45, 7) is 3.14. The number of ether oxygens (including phenoxy) is 1. The zero-order valence-electron chi connectivity index (χ0n) is 14.5. The molecule has 0 unspecified atom stereocenters. The number of hydrogen-bond donors (Lipinski definition) is 0. The number of nitrogens with zero attached hydrogens (tertiary/aromatic N) is 1. The molecule has 2 rings (SSSR count). The van der Waals surface area contributed by atoms with Crippen molar-refractivity contribution in [1.82, 2.24) is 4.90 Å². The summed E-state index contributed by atoms with van der Waals surface area (Å²) in [4.78, 5) is 27.1. The number of carbonyl (C=O) groups is 2. The molecule has 0 aliphatic carbocycles. The molecule has 1 amide bonds. The highest BCUT2D eigenvalue weighted by Gasteiger charge is 2.20. The van der Waals surface area contributed by atoms with Crippen LogP contribution < -0.4 is 0 Å². The van der Waals surface area contributed by atoms with Crippen molar-refractivity contribution in [1.29, 1.82) is 0 Å². The Morgan fingerprint density at radius 3 is 2.40 bits per heavy atom. The molecule has 0 N–H and O–H groups in total. The Bertz CT molecular complexity index is 712. The molecule has 1 aromatic heterocycles. The van der Waals surface area contributed by atoms with Crippen LogP contribution in [-0.4, -0.2) is 30.4 Å². The molecule has 0 atom stereocenters. The standard InChI is InChI=1S/C19H22FNO3S/c1-3-4-5-12-21(13-14-6-8-15(20)9-7-14)18(22)16-10-11-17(25-16)19(23)24-2/h6-11H,3-5,12-13H2,1-2H3. The molecule has 1 heterocycles. The predicted molar refractivity (Wildman–Crippen MR) is 96.3 cm³/mol. The van der Waals surface area contributed by atoms with Crippen molar-refractivity contribution in [2.45, 2.75) is 32.7 Å². The van der Waals surface area contributed by atoms with E-state index in [-0.39, 0.29) is 11.7 Å². The van der Waals surface area contributed by atoms with E-state index in [1.54, 1.807) is 29.2 Å². The first kappa shape index (κ1) is 19.1. The summed E-state index contributed by atoms with van der Waals surface area (Å²) < 4.78 is 17.8. The number of esters is 1. The van der Waals surface area contributed by atoms with Crippen molar-refractivity contribution >= 4 is 23.2 Å². The molecule has 4 nitrogen and oxygen atoms in total. The van der Waals surface area contributed by atoms with E-state index in [0.717, 1.165) is 36.2 Å². The number of methoxy groups -OCH3 is 1. The number of amides is 1. The number of hydrogen-bond acceptors (Lipinski definition) is 4. The zero-order valence-corrected chi connectivity index (χ0v) is 15.3. The van der Waals surface area contributed by atoms with Crippen LogP contribution in [0.5, 0.6) is 0 Å². The molecule has 25 heavy (non-hydrogen) atoms. The molecular weight excluding hydrogens is 341 g/mol. The molecule has 0 aliphatic rings. The lowest BCUT2D eigenvalue weighted by Crippen LogP contribution is -2.31. The minimum Gasteiger partial charge on any atom is -0.465 e. The number of halogens is 1. The third-order valence-corrected chi connectivity index (χ3v) is 4.86. The van der Waals surface area contributed by atoms with Gasteiger partial charge in [-0.05, 0) is 36.2 Å². The lowest BCUT2D eigenvalue weighted by atomic mass is 10.2. The van der Waals surface area contributed by atoms with E-state index in [1.807, 2.05) is 0 Å². The van der Waals surface area contributed by atoms with Gasteiger partial charge < -0.3 is 9.64 Å². The molecule has 0 radical (unpaired) electrons. The van der Waals surface area contributed by atoms with Crippen LogP contribution in [0.1, 0.15) is 51.1 Å². The first-order valence-electron chi connectivity index (χ1n) is 8.27. The van der Waals surface area contributed by atoms with E-state index in [1.165, 1.54) is 19.2 Å². The van der Waals surface area contributed by atoms with Gasteiger partial charge in [0.15, 0.2) is 0 Å². The van der Waals surface area contributed by atoms with Crippen molar-refractivity contribution in [3.8, 4) is 0 Å². The summed E-state index contributed by atoms with van der Waals surface area (Å²) in [6.07, 6.45) is 2.99. The van der Waals surface area contributed by atoms with Crippen LogP contribution in [0.15, 0.2) is 36.4 Å². The maximum absolute atomic E-state index is 13.1. The van der Waals surface area contributed by atoms with Gasteiger partial charge >= 0.3 is 5.97 Å². The number of thiophene rings is 1. The topological polar surface area (TPSA) is 46.6 Å². The Morgan fingerprint density at radius 2 is 1.76 bits per heavy atom. The van der Waals surface area contributed by atoms with Crippen molar-refractivity contribution < 1.29 is 18.7 Å². The van der Waals surface area contributed by atoms with E-state index >= 15 is 0 Å². The minimum absolute atomic E-state index is 0.124. The van der Waals surface area contributed by atoms with Crippen molar-refractivity contribution in [2.24, 2.45) is 0 Å². The van der Waals surface area contributed by atoms with Gasteiger partial charge in [-0.15, -0.1) is 11.3 Å². The smallest absolute Gasteiger partial charge is 0.348 e. The van der Waals surface area contributed by atoms with Crippen LogP contribution in [0.4, 0.5) is 4.39 Å². The van der Waals surface area contributed by atoms with E-state index in [2.05, 4.69) is 11.7 Å². The van der Waals surface area contributed by atoms with Gasteiger partial charge in [0.05, 0.1) is 12.0 Å². The van der Waals surface area contributed by atoms with Crippen LogP contribution in [0.25, 0.3) is 0 Å². The van der Waals surface area contributed by atoms with Gasteiger partial charge in [0.25, 0.3) is 5.91 Å². The Kier molecular flexibility index (Phi) is 7.13. The van der Waals surface area contributed by atoms with Gasteiger partial charge in [-0.1, -0.05) is 31.9 Å². The average molecular weight is 363 g/mol. The largest absolute Gasteiger partial charge is 0.465 e. The van der Waals surface area contributed by atoms with E-state index in [9.17, 15) is 14.0 Å². The van der Waals surface area contributed by atoms with Crippen molar-refractivity contribution in [3.05, 3.63) is 57.5 Å². The monoisotopic (exact) mass is 363 g/mol. The number of benzene rings is 1. The second-order valence-electron chi connectivity index (χ2n) is 5.72. The fraction of sp³-hybridized carbons (Fsp3) is 0.368. The van der Waals surface area contributed by atoms with Gasteiger partial charge in [0, 0.05) is 13.1 Å². The highest BCUT2D eigenvalue weighted by molar-refractivity contribution is 7.15. The van der Waals surface area contributed by atoms with Crippen LogP contribution in [0, 0.1) is 5.82 Å². The summed E-state index contributed by atoms with van der Waals surface area (Å²) in [5.74, 6) is -0.866. The van der Waals surface area contributed by atoms with Crippen molar-refractivity contribution in [2.75, 3.05) is 13.7 Å². The predicted octanol–water partition coefficient (Wildman–Crippen LogP) is 4.51. The second kappa shape index (κ2) is 9.32. The summed E-state index contributed by atoms with van der Waals surface area (Å²) in [5, 5.41) is 0. The SMILES string of the molecule is CCCCCN(Cc1ccc(F)cc1)C(=O)c1ccc(C(=O)OC)s1. The Morgan fingerprint density at radius 1 is 1.08 bits per heavy atom. The molecule has 2 aromatic rings. The maximum atomic E-state index is 13.1. The zero-order chi connectivity index (χ0) is 18.2. The first-order chi connectivity index (χ1) is 12.0. The van der Waals surface area contributed by atoms with Gasteiger partial charge in [-0.2, -0.15) is 0 Å². The van der Waals surface area contributed by atoms with Crippen LogP contribution in [-0.2, 0) is 11.3 Å². The van der Waals surface area contributed by atoms with Gasteiger partial charge in [0.1, 0.15) is 10.7 Å². The molecular formula is C19H22FNO3S. The maximum Gasteiger partial charge on any atom is 0.348 e. The normalized spacial score (nSPS) is 10.5. The van der Waals surface area contributed by atoms with E-state index < -0.39 is 5.97 Å². The third kappa shape index (κ3) is 5.39. The lowest BCUT2D eigenvalue weighted by molar-refractivity contribution is 0.0606. The second-order valence-corrected chi connectivity index (χ2v) is 6.80. The van der Waals surface area contributed by atoms with Crippen LogP contribution in [0.2, 0.25) is 0 Å². The highest BCUT2D eigenvalue weighted by Crippen LogP contribution is 2.21. The Balaban J connectivity index is 2.15. The summed E-state index contributed by atoms with van der Waals surface area (Å²) in [6, 6.07) is 9.41. The third-order valence-electron chi connectivity index (χ3n) is 3.81. The number of unbranched alkanes of at least 4 members (excludes halogenated alkanes) is 2. The minimum atomic E-state index is -0.444.